The molecule has 1 amide bonds. The highest BCUT2D eigenvalue weighted by Gasteiger charge is 2.33. The largest absolute Gasteiger partial charge is 0.352 e. The molecule has 1 aliphatic rings. The second-order valence-corrected chi connectivity index (χ2v) is 6.68. The van der Waals surface area contributed by atoms with E-state index in [9.17, 15) is 4.79 Å². The standard InChI is InChI=1S/C17H19Cl2N3O/c1-2-3-8-20-17(23)13-10-21-22(16(13)11-4-5-11)15-7-6-12(18)9-14(15)19/h6-7,9-11H,2-5,8H2,1H3,(H,20,23). The van der Waals surface area contributed by atoms with Gasteiger partial charge in [-0.25, -0.2) is 4.68 Å². The number of benzene rings is 1. The maximum absolute atomic E-state index is 12.4. The summed E-state index contributed by atoms with van der Waals surface area (Å²) < 4.78 is 1.78. The van der Waals surface area contributed by atoms with Crippen LogP contribution in [0.5, 0.6) is 0 Å². The number of rotatable bonds is 6. The highest BCUT2D eigenvalue weighted by Crippen LogP contribution is 2.43. The molecular weight excluding hydrogens is 333 g/mol. The van der Waals surface area contributed by atoms with Gasteiger partial charge in [-0.05, 0) is 37.5 Å². The summed E-state index contributed by atoms with van der Waals surface area (Å²) in [5, 5.41) is 8.49. The molecule has 0 saturated heterocycles. The van der Waals surface area contributed by atoms with E-state index in [2.05, 4.69) is 17.3 Å². The lowest BCUT2D eigenvalue weighted by Crippen LogP contribution is -2.25. The van der Waals surface area contributed by atoms with E-state index in [1.54, 1.807) is 23.0 Å². The third-order valence-corrected chi connectivity index (χ3v) is 4.51. The van der Waals surface area contributed by atoms with Crippen LogP contribution in [0.1, 0.15) is 54.6 Å². The number of nitrogens with one attached hydrogen (secondary N) is 1. The number of aromatic nitrogens is 2. The van der Waals surface area contributed by atoms with Crippen molar-refractivity contribution in [2.75, 3.05) is 6.54 Å². The smallest absolute Gasteiger partial charge is 0.254 e. The summed E-state index contributed by atoms with van der Waals surface area (Å²) in [6.45, 7) is 2.79. The monoisotopic (exact) mass is 351 g/mol. The van der Waals surface area contributed by atoms with Gasteiger partial charge in [-0.2, -0.15) is 5.10 Å². The molecule has 0 unspecified atom stereocenters. The van der Waals surface area contributed by atoms with Crippen LogP contribution in [0.4, 0.5) is 0 Å². The molecule has 1 aliphatic carbocycles. The Kier molecular flexibility index (Phi) is 4.93. The second kappa shape index (κ2) is 6.93. The minimum Gasteiger partial charge on any atom is -0.352 e. The predicted molar refractivity (Wildman–Crippen MR) is 92.8 cm³/mol. The van der Waals surface area contributed by atoms with Crippen LogP contribution in [0, 0.1) is 0 Å². The first-order valence-corrected chi connectivity index (χ1v) is 8.69. The quantitative estimate of drug-likeness (QED) is 0.773. The Labute approximate surface area is 145 Å². The number of nitrogens with zero attached hydrogens (tertiary/aromatic N) is 2. The highest BCUT2D eigenvalue weighted by atomic mass is 35.5. The summed E-state index contributed by atoms with van der Waals surface area (Å²) in [7, 11) is 0. The molecule has 1 aromatic carbocycles. The van der Waals surface area contributed by atoms with E-state index in [0.29, 0.717) is 28.1 Å². The number of unbranched alkanes of at least 4 members (excludes halogenated alkanes) is 1. The SMILES string of the molecule is CCCCNC(=O)c1cnn(-c2ccc(Cl)cc2Cl)c1C1CC1. The van der Waals surface area contributed by atoms with Crippen molar-refractivity contribution < 1.29 is 4.79 Å². The van der Waals surface area contributed by atoms with Gasteiger partial charge in [0.2, 0.25) is 0 Å². The zero-order chi connectivity index (χ0) is 16.4. The van der Waals surface area contributed by atoms with Gasteiger partial charge in [0.25, 0.3) is 5.91 Å². The first kappa shape index (κ1) is 16.3. The molecular formula is C17H19Cl2N3O. The molecule has 3 rings (SSSR count). The summed E-state index contributed by atoms with van der Waals surface area (Å²) in [5.41, 5.74) is 2.35. The molecule has 122 valence electrons. The van der Waals surface area contributed by atoms with Crippen LogP contribution in [0.2, 0.25) is 10.0 Å². The van der Waals surface area contributed by atoms with Crippen LogP contribution in [0.25, 0.3) is 5.69 Å². The molecule has 0 spiro atoms. The van der Waals surface area contributed by atoms with Crippen molar-refractivity contribution in [2.24, 2.45) is 0 Å². The van der Waals surface area contributed by atoms with Crippen molar-refractivity contribution in [1.29, 1.82) is 0 Å². The Morgan fingerprint density at radius 2 is 2.17 bits per heavy atom. The average Bonchev–Trinajstić information content (AvgIpc) is 3.26. The fourth-order valence-electron chi connectivity index (χ4n) is 2.60. The van der Waals surface area contributed by atoms with Gasteiger partial charge < -0.3 is 5.32 Å². The zero-order valence-corrected chi connectivity index (χ0v) is 14.5. The number of carbonyl (C=O) groups excluding carboxylic acids is 1. The van der Waals surface area contributed by atoms with E-state index in [0.717, 1.165) is 37.1 Å². The number of hydrogen-bond donors (Lipinski definition) is 1. The van der Waals surface area contributed by atoms with Crippen LogP contribution >= 0.6 is 23.2 Å². The molecule has 23 heavy (non-hydrogen) atoms. The molecule has 1 N–H and O–H groups in total. The summed E-state index contributed by atoms with van der Waals surface area (Å²) in [4.78, 5) is 12.4. The normalized spacial score (nSPS) is 14.0. The van der Waals surface area contributed by atoms with Gasteiger partial charge >= 0.3 is 0 Å². The van der Waals surface area contributed by atoms with Crippen molar-refractivity contribution >= 4 is 29.1 Å². The van der Waals surface area contributed by atoms with Crippen LogP contribution < -0.4 is 5.32 Å². The molecule has 0 bridgehead atoms. The van der Waals surface area contributed by atoms with Gasteiger partial charge in [0.1, 0.15) is 0 Å². The minimum atomic E-state index is -0.0586. The predicted octanol–water partition coefficient (Wildman–Crippen LogP) is 4.59. The Bertz CT molecular complexity index is 723. The molecule has 0 radical (unpaired) electrons. The molecule has 4 nitrogen and oxygen atoms in total. The third kappa shape index (κ3) is 3.54. The Balaban J connectivity index is 1.94. The molecule has 6 heteroatoms. The number of halogens is 2. The van der Waals surface area contributed by atoms with Gasteiger partial charge in [0, 0.05) is 17.5 Å². The summed E-state index contributed by atoms with van der Waals surface area (Å²) in [6, 6.07) is 5.31. The molecule has 0 aliphatic heterocycles. The van der Waals surface area contributed by atoms with Crippen LogP contribution in [-0.4, -0.2) is 22.2 Å². The zero-order valence-electron chi connectivity index (χ0n) is 13.0. The van der Waals surface area contributed by atoms with E-state index < -0.39 is 0 Å². The van der Waals surface area contributed by atoms with E-state index in [4.69, 9.17) is 23.2 Å². The molecule has 1 heterocycles. The van der Waals surface area contributed by atoms with Gasteiger partial charge in [-0.1, -0.05) is 36.5 Å². The number of carbonyl (C=O) groups is 1. The third-order valence-electron chi connectivity index (χ3n) is 3.97. The topological polar surface area (TPSA) is 46.9 Å². The first-order valence-electron chi connectivity index (χ1n) is 7.93. The number of amides is 1. The first-order chi connectivity index (χ1) is 11.1. The summed E-state index contributed by atoms with van der Waals surface area (Å²) in [6.07, 6.45) is 5.81. The van der Waals surface area contributed by atoms with Crippen molar-refractivity contribution in [3.63, 3.8) is 0 Å². The van der Waals surface area contributed by atoms with E-state index in [1.165, 1.54) is 0 Å². The summed E-state index contributed by atoms with van der Waals surface area (Å²) in [5.74, 6) is 0.313. The lowest BCUT2D eigenvalue weighted by Gasteiger charge is -2.11. The molecule has 1 saturated carbocycles. The van der Waals surface area contributed by atoms with Gasteiger partial charge in [-0.15, -0.1) is 0 Å². The lowest BCUT2D eigenvalue weighted by atomic mass is 10.1. The Morgan fingerprint density at radius 1 is 1.39 bits per heavy atom. The molecule has 1 fully saturated rings. The van der Waals surface area contributed by atoms with Crippen LogP contribution in [0.15, 0.2) is 24.4 Å². The molecule has 1 aromatic heterocycles. The lowest BCUT2D eigenvalue weighted by molar-refractivity contribution is 0.0952. The molecule has 2 aromatic rings. The Hall–Kier alpha value is -1.52. The van der Waals surface area contributed by atoms with E-state index in [-0.39, 0.29) is 5.91 Å². The maximum Gasteiger partial charge on any atom is 0.254 e. The maximum atomic E-state index is 12.4. The van der Waals surface area contributed by atoms with Crippen molar-refractivity contribution in [1.82, 2.24) is 15.1 Å². The van der Waals surface area contributed by atoms with Crippen LogP contribution in [0.3, 0.4) is 0 Å². The van der Waals surface area contributed by atoms with Gasteiger partial charge in [0.05, 0.1) is 28.2 Å². The number of hydrogen-bond acceptors (Lipinski definition) is 2. The Morgan fingerprint density at radius 3 is 2.83 bits per heavy atom. The van der Waals surface area contributed by atoms with E-state index >= 15 is 0 Å². The fourth-order valence-corrected chi connectivity index (χ4v) is 3.09. The minimum absolute atomic E-state index is 0.0586. The molecule has 0 atom stereocenters. The van der Waals surface area contributed by atoms with Crippen molar-refractivity contribution in [3.8, 4) is 5.69 Å². The average molecular weight is 352 g/mol. The van der Waals surface area contributed by atoms with Gasteiger partial charge in [-0.3, -0.25) is 4.79 Å². The van der Waals surface area contributed by atoms with Crippen molar-refractivity contribution in [3.05, 3.63) is 45.7 Å². The van der Waals surface area contributed by atoms with Crippen LogP contribution in [-0.2, 0) is 0 Å². The summed E-state index contributed by atoms with van der Waals surface area (Å²) >= 11 is 12.3. The van der Waals surface area contributed by atoms with Crippen molar-refractivity contribution in [2.45, 2.75) is 38.5 Å². The second-order valence-electron chi connectivity index (χ2n) is 5.83. The van der Waals surface area contributed by atoms with Gasteiger partial charge in [0.15, 0.2) is 0 Å². The fraction of sp³-hybridized carbons (Fsp3) is 0.412. The highest BCUT2D eigenvalue weighted by molar-refractivity contribution is 6.35. The van der Waals surface area contributed by atoms with E-state index in [1.807, 2.05) is 6.07 Å².